The molecule has 0 bridgehead atoms. The van der Waals surface area contributed by atoms with Gasteiger partial charge in [0.15, 0.2) is 6.61 Å². The molecule has 0 spiro atoms. The summed E-state index contributed by atoms with van der Waals surface area (Å²) >= 11 is 0. The maximum atomic E-state index is 11.4. The van der Waals surface area contributed by atoms with Crippen molar-refractivity contribution in [2.45, 2.75) is 13.8 Å². The van der Waals surface area contributed by atoms with Crippen LogP contribution in [0.1, 0.15) is 13.8 Å². The Kier molecular flexibility index (Phi) is 5.76. The molecule has 0 unspecified atom stereocenters. The fourth-order valence-corrected chi connectivity index (χ4v) is 1.34. The minimum absolute atomic E-state index is 0.0723. The Morgan fingerprint density at radius 3 is 2.65 bits per heavy atom. The van der Waals surface area contributed by atoms with Crippen molar-refractivity contribution in [3.8, 4) is 11.5 Å². The van der Waals surface area contributed by atoms with Crippen molar-refractivity contribution in [2.24, 2.45) is 5.92 Å². The Hall–Kier alpha value is -2.31. The summed E-state index contributed by atoms with van der Waals surface area (Å²) in [6.07, 6.45) is 0. The maximum absolute atomic E-state index is 11.4. The fraction of sp³-hybridized carbons (Fsp3) is 0.462. The molecule has 0 heterocycles. The first-order chi connectivity index (χ1) is 9.43. The predicted molar refractivity (Wildman–Crippen MR) is 70.9 cm³/mol. The standard InChI is InChI=1S/C13H17NO6/c1-9(2)7-20-13(15)8-19-10-4-5-11(14(16)17)12(6-10)18-3/h4-6,9H,7-8H2,1-3H3. The van der Waals surface area contributed by atoms with E-state index in [4.69, 9.17) is 14.2 Å². The highest BCUT2D eigenvalue weighted by Gasteiger charge is 2.15. The number of esters is 1. The quantitative estimate of drug-likeness (QED) is 0.433. The van der Waals surface area contributed by atoms with Crippen molar-refractivity contribution in [1.29, 1.82) is 0 Å². The van der Waals surface area contributed by atoms with Crippen LogP contribution >= 0.6 is 0 Å². The normalized spacial score (nSPS) is 10.2. The average molecular weight is 283 g/mol. The van der Waals surface area contributed by atoms with Crippen LogP contribution in [-0.4, -0.2) is 31.2 Å². The van der Waals surface area contributed by atoms with E-state index in [1.54, 1.807) is 0 Å². The van der Waals surface area contributed by atoms with Crippen LogP contribution in [0.5, 0.6) is 11.5 Å². The summed E-state index contributed by atoms with van der Waals surface area (Å²) in [6.45, 7) is 3.92. The molecule has 7 heteroatoms. The van der Waals surface area contributed by atoms with Crippen molar-refractivity contribution < 1.29 is 23.9 Å². The second-order valence-electron chi connectivity index (χ2n) is 4.46. The van der Waals surface area contributed by atoms with Gasteiger partial charge in [-0.05, 0) is 12.0 Å². The largest absolute Gasteiger partial charge is 0.490 e. The zero-order valence-electron chi connectivity index (χ0n) is 11.6. The zero-order valence-corrected chi connectivity index (χ0v) is 11.6. The Balaban J connectivity index is 2.61. The van der Waals surface area contributed by atoms with Crippen LogP contribution in [0.2, 0.25) is 0 Å². The molecule has 110 valence electrons. The van der Waals surface area contributed by atoms with Crippen LogP contribution < -0.4 is 9.47 Å². The first-order valence-electron chi connectivity index (χ1n) is 6.05. The molecule has 0 aliphatic carbocycles. The molecule has 0 aromatic heterocycles. The van der Waals surface area contributed by atoms with Crippen molar-refractivity contribution in [1.82, 2.24) is 0 Å². The number of ether oxygens (including phenoxy) is 3. The highest BCUT2D eigenvalue weighted by atomic mass is 16.6. The number of nitro benzene ring substituents is 1. The molecular formula is C13H17NO6. The average Bonchev–Trinajstić information content (AvgIpc) is 2.42. The Bertz CT molecular complexity index is 486. The lowest BCUT2D eigenvalue weighted by Gasteiger charge is -2.09. The first kappa shape index (κ1) is 15.7. The molecule has 0 radical (unpaired) electrons. The topological polar surface area (TPSA) is 87.9 Å². The third-order valence-corrected chi connectivity index (χ3v) is 2.28. The Labute approximate surface area is 116 Å². The summed E-state index contributed by atoms with van der Waals surface area (Å²) in [4.78, 5) is 21.5. The van der Waals surface area contributed by atoms with E-state index in [0.717, 1.165) is 0 Å². The summed E-state index contributed by atoms with van der Waals surface area (Å²) in [5.41, 5.74) is -0.165. The lowest BCUT2D eigenvalue weighted by Crippen LogP contribution is -2.17. The van der Waals surface area contributed by atoms with Gasteiger partial charge in [-0.3, -0.25) is 10.1 Å². The van der Waals surface area contributed by atoms with Crippen LogP contribution in [0.25, 0.3) is 0 Å². The van der Waals surface area contributed by atoms with Gasteiger partial charge in [0.2, 0.25) is 5.75 Å². The molecule has 0 aliphatic rings. The van der Waals surface area contributed by atoms with Gasteiger partial charge in [-0.15, -0.1) is 0 Å². The van der Waals surface area contributed by atoms with Crippen LogP contribution in [0.3, 0.4) is 0 Å². The van der Waals surface area contributed by atoms with E-state index in [9.17, 15) is 14.9 Å². The van der Waals surface area contributed by atoms with Crippen LogP contribution in [0.4, 0.5) is 5.69 Å². The van der Waals surface area contributed by atoms with Crippen LogP contribution in [0.15, 0.2) is 18.2 Å². The minimum Gasteiger partial charge on any atom is -0.490 e. The summed E-state index contributed by atoms with van der Waals surface area (Å²) in [6, 6.07) is 4.01. The summed E-state index contributed by atoms with van der Waals surface area (Å²) in [5.74, 6) is 0.131. The number of rotatable bonds is 7. The van der Waals surface area contributed by atoms with Crippen molar-refractivity contribution in [2.75, 3.05) is 20.3 Å². The smallest absolute Gasteiger partial charge is 0.344 e. The van der Waals surface area contributed by atoms with Gasteiger partial charge in [-0.1, -0.05) is 13.8 Å². The molecule has 0 saturated carbocycles. The molecular weight excluding hydrogens is 266 g/mol. The zero-order chi connectivity index (χ0) is 15.1. The summed E-state index contributed by atoms with van der Waals surface area (Å²) in [7, 11) is 1.32. The molecule has 0 amide bonds. The SMILES string of the molecule is COc1cc(OCC(=O)OCC(C)C)ccc1[N+](=O)[O-]. The molecule has 0 saturated heterocycles. The van der Waals surface area contributed by atoms with Gasteiger partial charge in [0.1, 0.15) is 5.75 Å². The number of hydrogen-bond acceptors (Lipinski definition) is 6. The van der Waals surface area contributed by atoms with Gasteiger partial charge in [-0.25, -0.2) is 4.79 Å². The number of carbonyl (C=O) groups excluding carboxylic acids is 1. The molecule has 7 nitrogen and oxygen atoms in total. The number of benzene rings is 1. The molecule has 1 aromatic rings. The van der Waals surface area contributed by atoms with E-state index >= 15 is 0 Å². The highest BCUT2D eigenvalue weighted by molar-refractivity contribution is 5.71. The number of nitrogens with zero attached hydrogens (tertiary/aromatic N) is 1. The Morgan fingerprint density at radius 2 is 2.10 bits per heavy atom. The fourth-order valence-electron chi connectivity index (χ4n) is 1.34. The van der Waals surface area contributed by atoms with Gasteiger partial charge >= 0.3 is 11.7 Å². The summed E-state index contributed by atoms with van der Waals surface area (Å²) in [5, 5.41) is 10.7. The third kappa shape index (κ3) is 4.75. The number of methoxy groups -OCH3 is 1. The molecule has 0 fully saturated rings. The Morgan fingerprint density at radius 1 is 1.40 bits per heavy atom. The monoisotopic (exact) mass is 283 g/mol. The van der Waals surface area contributed by atoms with Gasteiger partial charge < -0.3 is 14.2 Å². The highest BCUT2D eigenvalue weighted by Crippen LogP contribution is 2.30. The van der Waals surface area contributed by atoms with Crippen molar-refractivity contribution in [3.05, 3.63) is 28.3 Å². The molecule has 0 N–H and O–H groups in total. The lowest BCUT2D eigenvalue weighted by atomic mass is 10.2. The molecule has 0 aliphatic heterocycles. The maximum Gasteiger partial charge on any atom is 0.344 e. The predicted octanol–water partition coefficient (Wildman–Crippen LogP) is 2.18. The van der Waals surface area contributed by atoms with Crippen LogP contribution in [0, 0.1) is 16.0 Å². The number of carbonyl (C=O) groups is 1. The van der Waals surface area contributed by atoms with Gasteiger partial charge in [0.25, 0.3) is 0 Å². The summed E-state index contributed by atoms with van der Waals surface area (Å²) < 4.78 is 15.0. The first-order valence-corrected chi connectivity index (χ1v) is 6.05. The van der Waals surface area contributed by atoms with Crippen LogP contribution in [-0.2, 0) is 9.53 Å². The van der Waals surface area contributed by atoms with E-state index < -0.39 is 10.9 Å². The second-order valence-corrected chi connectivity index (χ2v) is 4.46. The van der Waals surface area contributed by atoms with E-state index in [2.05, 4.69) is 0 Å². The van der Waals surface area contributed by atoms with Crippen molar-refractivity contribution in [3.63, 3.8) is 0 Å². The van der Waals surface area contributed by atoms with Gasteiger partial charge in [0, 0.05) is 12.1 Å². The molecule has 20 heavy (non-hydrogen) atoms. The van der Waals surface area contributed by atoms with Gasteiger partial charge in [0.05, 0.1) is 18.6 Å². The van der Waals surface area contributed by atoms with Crippen molar-refractivity contribution >= 4 is 11.7 Å². The third-order valence-electron chi connectivity index (χ3n) is 2.28. The molecule has 0 atom stereocenters. The van der Waals surface area contributed by atoms with E-state index in [1.165, 1.54) is 25.3 Å². The van der Waals surface area contributed by atoms with E-state index in [1.807, 2.05) is 13.8 Å². The van der Waals surface area contributed by atoms with E-state index in [-0.39, 0.29) is 24.0 Å². The second kappa shape index (κ2) is 7.32. The van der Waals surface area contributed by atoms with Gasteiger partial charge in [-0.2, -0.15) is 0 Å². The molecule has 1 rings (SSSR count). The number of hydrogen-bond donors (Lipinski definition) is 0. The molecule has 1 aromatic carbocycles. The van der Waals surface area contributed by atoms with E-state index in [0.29, 0.717) is 12.4 Å². The lowest BCUT2D eigenvalue weighted by molar-refractivity contribution is -0.385. The minimum atomic E-state index is -0.556. The number of nitro groups is 1.